The van der Waals surface area contributed by atoms with E-state index in [0.29, 0.717) is 0 Å². The van der Waals surface area contributed by atoms with Gasteiger partial charge in [0, 0.05) is 13.1 Å². The number of hydrogen-bond donors (Lipinski definition) is 0. The largest absolute Gasteiger partial charge is 0.372 e. The Labute approximate surface area is 126 Å². The van der Waals surface area contributed by atoms with E-state index >= 15 is 0 Å². The smallest absolute Gasteiger partial charge is 0.176 e. The van der Waals surface area contributed by atoms with Crippen LogP contribution in [0, 0.1) is 0 Å². The first-order valence-corrected chi connectivity index (χ1v) is 8.74. The van der Waals surface area contributed by atoms with Crippen LogP contribution < -0.4 is 4.90 Å². The van der Waals surface area contributed by atoms with Gasteiger partial charge in [-0.05, 0) is 19.6 Å². The van der Waals surface area contributed by atoms with Crippen molar-refractivity contribution in [2.75, 3.05) is 30.9 Å². The molecule has 0 aliphatic carbocycles. The maximum absolute atomic E-state index is 5.90. The zero-order chi connectivity index (χ0) is 14.2. The summed E-state index contributed by atoms with van der Waals surface area (Å²) in [6.07, 6.45) is 4.64. The molecule has 2 aromatic rings. The van der Waals surface area contributed by atoms with Gasteiger partial charge < -0.3 is 9.64 Å². The maximum atomic E-state index is 5.90. The van der Waals surface area contributed by atoms with Crippen LogP contribution in [0.3, 0.4) is 0 Å². The summed E-state index contributed by atoms with van der Waals surface area (Å²) in [7, 11) is 0. The predicted octanol–water partition coefficient (Wildman–Crippen LogP) is 2.81. The Balaban J connectivity index is 1.99. The highest BCUT2D eigenvalue weighted by molar-refractivity contribution is 8.00. The van der Waals surface area contributed by atoms with Crippen LogP contribution in [-0.2, 0) is 4.74 Å². The number of thiazole rings is 1. The summed E-state index contributed by atoms with van der Waals surface area (Å²) in [5.74, 6) is 0.996. The molecule has 0 aromatic carbocycles. The highest BCUT2D eigenvalue weighted by Crippen LogP contribution is 2.34. The molecule has 1 unspecified atom stereocenters. The molecule has 1 atom stereocenters. The number of anilines is 1. The van der Waals surface area contributed by atoms with Gasteiger partial charge in [0.1, 0.15) is 11.0 Å². The Morgan fingerprint density at radius 2 is 2.35 bits per heavy atom. The van der Waals surface area contributed by atoms with Gasteiger partial charge in [-0.1, -0.05) is 18.7 Å². The summed E-state index contributed by atoms with van der Waals surface area (Å²) < 4.78 is 8.02. The molecular formula is C13H18N4OS2. The lowest BCUT2D eigenvalue weighted by molar-refractivity contribution is -0.0442. The summed E-state index contributed by atoms with van der Waals surface area (Å²) >= 11 is 3.32. The van der Waals surface area contributed by atoms with Crippen LogP contribution >= 0.6 is 23.1 Å². The molecular weight excluding hydrogens is 292 g/mol. The average Bonchev–Trinajstić information content (AvgIpc) is 2.90. The van der Waals surface area contributed by atoms with Crippen LogP contribution in [0.1, 0.15) is 20.3 Å². The normalized spacial score (nSPS) is 23.4. The van der Waals surface area contributed by atoms with Gasteiger partial charge in [0.05, 0.1) is 12.2 Å². The molecule has 0 amide bonds. The van der Waals surface area contributed by atoms with Crippen molar-refractivity contribution in [3.63, 3.8) is 0 Å². The minimum Gasteiger partial charge on any atom is -0.372 e. The highest BCUT2D eigenvalue weighted by atomic mass is 32.2. The van der Waals surface area contributed by atoms with Crippen molar-refractivity contribution in [3.8, 4) is 0 Å². The van der Waals surface area contributed by atoms with Crippen molar-refractivity contribution in [1.82, 2.24) is 15.0 Å². The number of aromatic nitrogens is 3. The Hall–Kier alpha value is -0.920. The summed E-state index contributed by atoms with van der Waals surface area (Å²) in [5, 5.41) is 0. The monoisotopic (exact) mass is 310 g/mol. The quantitative estimate of drug-likeness (QED) is 0.813. The number of rotatable bonds is 3. The lowest BCUT2D eigenvalue weighted by Gasteiger charge is -2.40. The van der Waals surface area contributed by atoms with E-state index in [0.717, 1.165) is 46.6 Å². The summed E-state index contributed by atoms with van der Waals surface area (Å²) in [6, 6.07) is 0. The van der Waals surface area contributed by atoms with Gasteiger partial charge in [-0.2, -0.15) is 0 Å². The zero-order valence-corrected chi connectivity index (χ0v) is 13.6. The Kier molecular flexibility index (Phi) is 3.83. The highest BCUT2D eigenvalue weighted by Gasteiger charge is 2.32. The Bertz CT molecular complexity index is 617. The fourth-order valence-corrected chi connectivity index (χ4v) is 3.89. The lowest BCUT2D eigenvalue weighted by Crippen LogP contribution is -2.50. The second-order valence-corrected chi connectivity index (χ2v) is 7.16. The van der Waals surface area contributed by atoms with Crippen LogP contribution in [0.15, 0.2) is 10.7 Å². The molecule has 1 aliphatic rings. The van der Waals surface area contributed by atoms with E-state index in [-0.39, 0.29) is 5.60 Å². The molecule has 0 saturated carbocycles. The fraction of sp³-hybridized carbons (Fsp3) is 0.615. The molecule has 0 N–H and O–H groups in total. The fourth-order valence-electron chi connectivity index (χ4n) is 2.36. The molecule has 7 heteroatoms. The summed E-state index contributed by atoms with van der Waals surface area (Å²) in [5.41, 5.74) is 0.705. The van der Waals surface area contributed by atoms with E-state index in [4.69, 9.17) is 4.74 Å². The summed E-state index contributed by atoms with van der Waals surface area (Å²) in [4.78, 5) is 15.6. The number of hydrogen-bond acceptors (Lipinski definition) is 7. The molecule has 0 radical (unpaired) electrons. The molecule has 0 spiro atoms. The van der Waals surface area contributed by atoms with E-state index in [1.165, 1.54) is 0 Å². The van der Waals surface area contributed by atoms with E-state index in [1.807, 2.05) is 6.26 Å². The van der Waals surface area contributed by atoms with Crippen molar-refractivity contribution in [2.24, 2.45) is 0 Å². The van der Waals surface area contributed by atoms with Gasteiger partial charge in [-0.25, -0.2) is 15.0 Å². The second kappa shape index (κ2) is 5.46. The van der Waals surface area contributed by atoms with Crippen LogP contribution in [0.25, 0.3) is 10.3 Å². The molecule has 2 aromatic heterocycles. The third kappa shape index (κ3) is 2.49. The number of ether oxygens (including phenoxy) is 1. The van der Waals surface area contributed by atoms with Crippen molar-refractivity contribution >= 4 is 39.3 Å². The molecule has 1 saturated heterocycles. The van der Waals surface area contributed by atoms with Gasteiger partial charge in [-0.15, -0.1) is 11.3 Å². The topological polar surface area (TPSA) is 51.1 Å². The number of fused-ring (bicyclic) bond motifs is 1. The molecule has 3 heterocycles. The van der Waals surface area contributed by atoms with Crippen LogP contribution in [0.5, 0.6) is 0 Å². The van der Waals surface area contributed by atoms with Gasteiger partial charge >= 0.3 is 0 Å². The van der Waals surface area contributed by atoms with E-state index in [1.54, 1.807) is 29.4 Å². The average molecular weight is 310 g/mol. The minimum atomic E-state index is -0.0947. The van der Waals surface area contributed by atoms with Crippen molar-refractivity contribution in [1.29, 1.82) is 0 Å². The number of nitrogens with zero attached hydrogens (tertiary/aromatic N) is 4. The van der Waals surface area contributed by atoms with Crippen LogP contribution in [0.2, 0.25) is 0 Å². The predicted molar refractivity (Wildman–Crippen MR) is 83.9 cm³/mol. The molecule has 1 aliphatic heterocycles. The third-order valence-electron chi connectivity index (χ3n) is 3.71. The Morgan fingerprint density at radius 3 is 3.10 bits per heavy atom. The first-order chi connectivity index (χ1) is 9.65. The molecule has 3 rings (SSSR count). The van der Waals surface area contributed by atoms with Gasteiger partial charge in [0.15, 0.2) is 15.8 Å². The molecule has 0 bridgehead atoms. The molecule has 5 nitrogen and oxygen atoms in total. The summed E-state index contributed by atoms with van der Waals surface area (Å²) in [6.45, 7) is 6.80. The van der Waals surface area contributed by atoms with E-state index in [2.05, 4.69) is 33.7 Å². The zero-order valence-electron chi connectivity index (χ0n) is 11.9. The van der Waals surface area contributed by atoms with E-state index in [9.17, 15) is 0 Å². The molecule has 20 heavy (non-hydrogen) atoms. The maximum Gasteiger partial charge on any atom is 0.176 e. The van der Waals surface area contributed by atoms with Crippen molar-refractivity contribution in [2.45, 2.75) is 30.2 Å². The first-order valence-electron chi connectivity index (χ1n) is 6.69. The number of morpholine rings is 1. The van der Waals surface area contributed by atoms with Crippen molar-refractivity contribution < 1.29 is 4.74 Å². The SMILES string of the molecule is CCC1(C)CN(c2ncnc3nc(SC)sc23)CCO1. The Morgan fingerprint density at radius 1 is 1.50 bits per heavy atom. The lowest BCUT2D eigenvalue weighted by atomic mass is 10.0. The van der Waals surface area contributed by atoms with Gasteiger partial charge in [0.2, 0.25) is 0 Å². The molecule has 1 fully saturated rings. The first kappa shape index (κ1) is 14.0. The standard InChI is InChI=1S/C13H18N4OS2/c1-4-13(2)7-17(5-6-18-13)11-9-10(14-8-15-11)16-12(19-3)20-9/h8H,4-7H2,1-3H3. The minimum absolute atomic E-state index is 0.0947. The second-order valence-electron chi connectivity index (χ2n) is 5.11. The van der Waals surface area contributed by atoms with Gasteiger partial charge in [0.25, 0.3) is 0 Å². The van der Waals surface area contributed by atoms with Gasteiger partial charge in [-0.3, -0.25) is 0 Å². The van der Waals surface area contributed by atoms with Crippen LogP contribution in [-0.4, -0.2) is 46.5 Å². The van der Waals surface area contributed by atoms with E-state index < -0.39 is 0 Å². The third-order valence-corrected chi connectivity index (χ3v) is 5.74. The van der Waals surface area contributed by atoms with Crippen molar-refractivity contribution in [3.05, 3.63) is 6.33 Å². The molecule has 108 valence electrons. The van der Waals surface area contributed by atoms with Crippen LogP contribution in [0.4, 0.5) is 5.82 Å². The number of thioether (sulfide) groups is 1.